The molecule has 2 nitrogen and oxygen atoms in total. The van der Waals surface area contributed by atoms with Crippen molar-refractivity contribution in [2.24, 2.45) is 5.73 Å². The monoisotopic (exact) mass is 186 g/mol. The number of hydrogen-bond acceptors (Lipinski definition) is 1. The van der Waals surface area contributed by atoms with E-state index in [9.17, 15) is 0 Å². The molecule has 0 saturated heterocycles. The fourth-order valence-corrected chi connectivity index (χ4v) is 2.46. The van der Waals surface area contributed by atoms with E-state index in [-0.39, 0.29) is 6.17 Å². The largest absolute Gasteiger partial charge is 0.329 e. The molecule has 2 heterocycles. The van der Waals surface area contributed by atoms with Crippen molar-refractivity contribution in [1.29, 1.82) is 0 Å². The van der Waals surface area contributed by atoms with Gasteiger partial charge in [-0.3, -0.25) is 0 Å². The van der Waals surface area contributed by atoms with Crippen LogP contribution in [0.15, 0.2) is 24.3 Å². The Morgan fingerprint density at radius 2 is 2.29 bits per heavy atom. The van der Waals surface area contributed by atoms with Crippen LogP contribution in [-0.4, -0.2) is 4.57 Å². The van der Waals surface area contributed by atoms with E-state index in [0.717, 1.165) is 12.8 Å². The summed E-state index contributed by atoms with van der Waals surface area (Å²) in [5, 5.41) is 1.36. The van der Waals surface area contributed by atoms with Crippen LogP contribution in [0.1, 0.15) is 23.8 Å². The molecule has 0 radical (unpaired) electrons. The first kappa shape index (κ1) is 8.06. The Bertz CT molecular complexity index is 496. The zero-order valence-electron chi connectivity index (χ0n) is 8.33. The molecule has 1 aliphatic heterocycles. The molecule has 3 rings (SSSR count). The molecule has 1 aromatic heterocycles. The zero-order chi connectivity index (χ0) is 9.71. The molecule has 2 heteroatoms. The van der Waals surface area contributed by atoms with Crippen molar-refractivity contribution in [1.82, 2.24) is 4.57 Å². The highest BCUT2D eigenvalue weighted by atomic mass is 15.1. The molecule has 1 unspecified atom stereocenters. The molecule has 0 saturated carbocycles. The Hall–Kier alpha value is -1.28. The van der Waals surface area contributed by atoms with Gasteiger partial charge in [0.05, 0.1) is 6.17 Å². The lowest BCUT2D eigenvalue weighted by atomic mass is 10.1. The van der Waals surface area contributed by atoms with Crippen LogP contribution in [0.2, 0.25) is 0 Å². The molecule has 1 atom stereocenters. The predicted molar refractivity (Wildman–Crippen MR) is 58.2 cm³/mol. The molecular weight excluding hydrogens is 172 g/mol. The summed E-state index contributed by atoms with van der Waals surface area (Å²) in [6.45, 7) is 2.16. The molecular formula is C12H14N2. The Labute approximate surface area is 83.3 Å². The summed E-state index contributed by atoms with van der Waals surface area (Å²) < 4.78 is 2.28. The molecule has 14 heavy (non-hydrogen) atoms. The van der Waals surface area contributed by atoms with Gasteiger partial charge in [0.1, 0.15) is 0 Å². The van der Waals surface area contributed by atoms with Crippen molar-refractivity contribution in [2.45, 2.75) is 25.9 Å². The van der Waals surface area contributed by atoms with Crippen molar-refractivity contribution < 1.29 is 0 Å². The third-order valence-electron chi connectivity index (χ3n) is 3.21. The molecule has 0 fully saturated rings. The quantitative estimate of drug-likeness (QED) is 0.672. The second kappa shape index (κ2) is 2.61. The number of aryl methyl sites for hydroxylation is 2. The van der Waals surface area contributed by atoms with Crippen LogP contribution in [0.5, 0.6) is 0 Å². The molecule has 2 aromatic rings. The maximum Gasteiger partial charge on any atom is 0.0821 e. The van der Waals surface area contributed by atoms with Crippen LogP contribution in [0.3, 0.4) is 0 Å². The summed E-state index contributed by atoms with van der Waals surface area (Å²) >= 11 is 0. The summed E-state index contributed by atoms with van der Waals surface area (Å²) in [5.41, 5.74) is 10.1. The van der Waals surface area contributed by atoms with E-state index in [4.69, 9.17) is 5.73 Å². The zero-order valence-corrected chi connectivity index (χ0v) is 8.33. The predicted octanol–water partition coefficient (Wildman–Crippen LogP) is 2.35. The maximum atomic E-state index is 6.07. The maximum absolute atomic E-state index is 6.07. The van der Waals surface area contributed by atoms with Crippen LogP contribution < -0.4 is 5.73 Å². The average molecular weight is 186 g/mol. The van der Waals surface area contributed by atoms with E-state index in [0.29, 0.717) is 0 Å². The van der Waals surface area contributed by atoms with Gasteiger partial charge in [-0.2, -0.15) is 0 Å². The molecule has 0 bridgehead atoms. The van der Waals surface area contributed by atoms with E-state index in [1.165, 1.54) is 22.2 Å². The first-order valence-corrected chi connectivity index (χ1v) is 5.12. The van der Waals surface area contributed by atoms with E-state index >= 15 is 0 Å². The van der Waals surface area contributed by atoms with Crippen LogP contribution in [0.4, 0.5) is 0 Å². The van der Waals surface area contributed by atoms with Gasteiger partial charge in [-0.25, -0.2) is 0 Å². The Kier molecular flexibility index (Phi) is 1.50. The summed E-state index contributed by atoms with van der Waals surface area (Å²) in [5.74, 6) is 0. The number of hydrogen-bond donors (Lipinski definition) is 1. The number of fused-ring (bicyclic) bond motifs is 3. The normalized spacial score (nSPS) is 20.3. The lowest BCUT2D eigenvalue weighted by Crippen LogP contribution is -2.13. The van der Waals surface area contributed by atoms with E-state index in [1.807, 2.05) is 0 Å². The van der Waals surface area contributed by atoms with Gasteiger partial charge in [0.25, 0.3) is 0 Å². The molecule has 0 aliphatic carbocycles. The molecule has 1 aliphatic rings. The lowest BCUT2D eigenvalue weighted by molar-refractivity contribution is 0.567. The highest BCUT2D eigenvalue weighted by Crippen LogP contribution is 2.31. The Morgan fingerprint density at radius 3 is 3.14 bits per heavy atom. The molecule has 72 valence electrons. The summed E-state index contributed by atoms with van der Waals surface area (Å²) in [4.78, 5) is 0. The smallest absolute Gasteiger partial charge is 0.0821 e. The average Bonchev–Trinajstić information content (AvgIpc) is 2.68. The lowest BCUT2D eigenvalue weighted by Gasteiger charge is -2.08. The Morgan fingerprint density at radius 1 is 1.43 bits per heavy atom. The number of rotatable bonds is 0. The fourth-order valence-electron chi connectivity index (χ4n) is 2.46. The standard InChI is InChI=1S/C12H14N2/c1-8-3-2-4-11-10(8)7-9-5-6-12(13)14(9)11/h2-4,7,12H,5-6,13H2,1H3. The van der Waals surface area contributed by atoms with Crippen LogP contribution in [-0.2, 0) is 6.42 Å². The first-order valence-electron chi connectivity index (χ1n) is 5.12. The van der Waals surface area contributed by atoms with Gasteiger partial charge in [-0.1, -0.05) is 12.1 Å². The third kappa shape index (κ3) is 0.891. The topological polar surface area (TPSA) is 30.9 Å². The highest BCUT2D eigenvalue weighted by molar-refractivity contribution is 5.85. The number of nitrogens with two attached hydrogens (primary N) is 1. The minimum Gasteiger partial charge on any atom is -0.329 e. The van der Waals surface area contributed by atoms with Gasteiger partial charge in [-0.15, -0.1) is 0 Å². The minimum absolute atomic E-state index is 0.185. The first-order chi connectivity index (χ1) is 6.77. The van der Waals surface area contributed by atoms with Gasteiger partial charge in [-0.05, 0) is 37.5 Å². The van der Waals surface area contributed by atoms with Crippen LogP contribution in [0, 0.1) is 6.92 Å². The molecule has 0 spiro atoms. The summed E-state index contributed by atoms with van der Waals surface area (Å²) in [6, 6.07) is 8.72. The summed E-state index contributed by atoms with van der Waals surface area (Å²) in [7, 11) is 0. The third-order valence-corrected chi connectivity index (χ3v) is 3.21. The second-order valence-electron chi connectivity index (χ2n) is 4.12. The summed E-state index contributed by atoms with van der Waals surface area (Å²) in [6.07, 6.45) is 2.39. The SMILES string of the molecule is Cc1cccc2c1cc1n2C(N)CC1. The van der Waals surface area contributed by atoms with Gasteiger partial charge >= 0.3 is 0 Å². The molecule has 2 N–H and O–H groups in total. The highest BCUT2D eigenvalue weighted by Gasteiger charge is 2.21. The van der Waals surface area contributed by atoms with Crippen molar-refractivity contribution in [3.05, 3.63) is 35.5 Å². The molecule has 1 aromatic carbocycles. The number of benzene rings is 1. The van der Waals surface area contributed by atoms with Crippen molar-refractivity contribution >= 4 is 10.9 Å². The van der Waals surface area contributed by atoms with Crippen LogP contribution in [0.25, 0.3) is 10.9 Å². The van der Waals surface area contributed by atoms with Crippen molar-refractivity contribution in [3.63, 3.8) is 0 Å². The van der Waals surface area contributed by atoms with Gasteiger partial charge < -0.3 is 10.3 Å². The van der Waals surface area contributed by atoms with Crippen molar-refractivity contribution in [3.8, 4) is 0 Å². The number of aromatic nitrogens is 1. The molecule has 0 amide bonds. The van der Waals surface area contributed by atoms with Crippen LogP contribution >= 0.6 is 0 Å². The van der Waals surface area contributed by atoms with E-state index in [1.54, 1.807) is 0 Å². The number of nitrogens with zero attached hydrogens (tertiary/aromatic N) is 1. The van der Waals surface area contributed by atoms with Crippen molar-refractivity contribution in [2.75, 3.05) is 0 Å². The van der Waals surface area contributed by atoms with E-state index < -0.39 is 0 Å². The van der Waals surface area contributed by atoms with Gasteiger partial charge in [0.2, 0.25) is 0 Å². The van der Waals surface area contributed by atoms with E-state index in [2.05, 4.69) is 35.8 Å². The second-order valence-corrected chi connectivity index (χ2v) is 4.12. The fraction of sp³-hybridized carbons (Fsp3) is 0.333. The Balaban J connectivity index is 2.41. The van der Waals surface area contributed by atoms with Gasteiger partial charge in [0.15, 0.2) is 0 Å². The minimum atomic E-state index is 0.185. The van der Waals surface area contributed by atoms with Gasteiger partial charge in [0, 0.05) is 16.6 Å².